The van der Waals surface area contributed by atoms with Crippen molar-refractivity contribution in [2.24, 2.45) is 0 Å². The van der Waals surface area contributed by atoms with Crippen LogP contribution in [0.3, 0.4) is 0 Å². The molecule has 1 saturated heterocycles. The average Bonchev–Trinajstić information content (AvgIpc) is 4.30. The van der Waals surface area contributed by atoms with E-state index >= 15 is 0 Å². The van der Waals surface area contributed by atoms with E-state index in [0.29, 0.717) is 22.3 Å². The van der Waals surface area contributed by atoms with Crippen molar-refractivity contribution in [3.8, 4) is 22.6 Å². The SMILES string of the molecule is CC1(C)OB(c2cnc3c(c2)C=CC3)OC1(C)C.O=c1[nH]c(=O)n(-c2cccc(C(F)(F)F)c2)c2c1cnc1ccc(-c3cnc4c(c3)C=CC4)nc12.O=c1[nH]c(=O)n(-c2cccc(C(F)(F)F)c2)c2c1cnc1ccc(Cl)nc12. The van der Waals surface area contributed by atoms with Gasteiger partial charge in [-0.15, -0.1) is 0 Å². The number of H-pyrrole nitrogens is 2. The van der Waals surface area contributed by atoms with Gasteiger partial charge in [0.2, 0.25) is 0 Å². The van der Waals surface area contributed by atoms with Gasteiger partial charge in [0, 0.05) is 48.7 Å². The van der Waals surface area contributed by atoms with Gasteiger partial charge in [0.1, 0.15) is 16.2 Å². The molecule has 0 unspecified atom stereocenters. The number of rotatable bonds is 4. The molecule has 1 fully saturated rings. The summed E-state index contributed by atoms with van der Waals surface area (Å²) in [5, 5.41) is 0.101. The van der Waals surface area contributed by atoms with Gasteiger partial charge in [0.25, 0.3) is 11.1 Å². The molecule has 24 heteroatoms. The molecule has 402 valence electrons. The van der Waals surface area contributed by atoms with Gasteiger partial charge in [0.15, 0.2) is 0 Å². The van der Waals surface area contributed by atoms with Crippen molar-refractivity contribution in [1.29, 1.82) is 0 Å². The monoisotopic (exact) mass is 1110 g/mol. The Kier molecular flexibility index (Phi) is 13.1. The van der Waals surface area contributed by atoms with Crippen LogP contribution in [0.5, 0.6) is 0 Å². The Morgan fingerprint density at radius 2 is 1.07 bits per heavy atom. The van der Waals surface area contributed by atoms with Crippen molar-refractivity contribution >= 4 is 80.2 Å². The molecular weight excluding hydrogens is 1070 g/mol. The van der Waals surface area contributed by atoms with Crippen LogP contribution in [0.2, 0.25) is 5.15 Å². The summed E-state index contributed by atoms with van der Waals surface area (Å²) < 4.78 is 93.4. The second-order valence-electron chi connectivity index (χ2n) is 19.8. The minimum Gasteiger partial charge on any atom is -0.399 e. The first-order valence-electron chi connectivity index (χ1n) is 24.5. The topological polar surface area (TPSA) is 206 Å². The predicted octanol–water partition coefficient (Wildman–Crippen LogP) is 9.52. The lowest BCUT2D eigenvalue weighted by atomic mass is 9.79. The summed E-state index contributed by atoms with van der Waals surface area (Å²) in [7, 11) is -0.318. The zero-order valence-electron chi connectivity index (χ0n) is 42.4. The number of halogens is 7. The van der Waals surface area contributed by atoms with Gasteiger partial charge in [-0.25, -0.2) is 19.6 Å². The summed E-state index contributed by atoms with van der Waals surface area (Å²) in [6, 6.07) is 19.0. The fourth-order valence-corrected chi connectivity index (χ4v) is 9.46. The number of allylic oxidation sites excluding steroid dienone is 2. The smallest absolute Gasteiger partial charge is 0.399 e. The number of hydrogen-bond donors (Lipinski definition) is 2. The third-order valence-electron chi connectivity index (χ3n) is 14.1. The van der Waals surface area contributed by atoms with E-state index in [1.165, 1.54) is 54.4 Å². The molecule has 16 nitrogen and oxygen atoms in total. The molecule has 0 atom stereocenters. The third kappa shape index (κ3) is 9.87. The zero-order valence-corrected chi connectivity index (χ0v) is 43.1. The Morgan fingerprint density at radius 1 is 0.588 bits per heavy atom. The van der Waals surface area contributed by atoms with Crippen LogP contribution in [-0.2, 0) is 34.5 Å². The summed E-state index contributed by atoms with van der Waals surface area (Å²) in [6.45, 7) is 8.25. The number of alkyl halides is 6. The standard InChI is InChI=1S/C25H14F3N5O2.C17H8ClF3N4O2.C14H18BNO2/c26-25(27,28)15-4-2-5-16(10-15)33-22-17(23(34)32-24(33)35)12-30-20-8-7-19(31-21(20)22)14-9-13-3-1-6-18(13)29-11-14;18-12-5-4-11-13(23-12)14-10(7-22-11)15(26)24-16(27)25(14)9-3-1-2-8(6-9)17(19,20)21;1-13(2)14(3,4)18-15(17-13)11-8-10-6-5-7-12(10)16-9-11/h1-5,7-12H,6H2,(H,32,34,35);1-7H,(H,24,26,27);5-6,8-9H,7H2,1-4H3. The quantitative estimate of drug-likeness (QED) is 0.0732. The number of hydrogen-bond acceptors (Lipinski definition) is 12. The first-order chi connectivity index (χ1) is 37.9. The number of fused-ring (bicyclic) bond motifs is 8. The van der Waals surface area contributed by atoms with Crippen LogP contribution < -0.4 is 28.0 Å². The van der Waals surface area contributed by atoms with Crippen molar-refractivity contribution in [2.45, 2.75) is 64.1 Å². The molecule has 2 aromatic carbocycles. The molecule has 2 N–H and O–H groups in total. The molecule has 10 aromatic rings. The lowest BCUT2D eigenvalue weighted by Gasteiger charge is -2.32. The Bertz CT molecular complexity index is 4500. The number of aromatic nitrogens is 10. The molecule has 0 radical (unpaired) electrons. The molecule has 13 rings (SSSR count). The first kappa shape index (κ1) is 53.1. The van der Waals surface area contributed by atoms with E-state index in [1.807, 2.05) is 24.4 Å². The summed E-state index contributed by atoms with van der Waals surface area (Å²) in [5.74, 6) is 0. The van der Waals surface area contributed by atoms with E-state index in [2.05, 4.69) is 85.8 Å². The molecule has 9 heterocycles. The number of nitrogens with zero attached hydrogens (tertiary/aromatic N) is 8. The summed E-state index contributed by atoms with van der Waals surface area (Å²) in [4.78, 5) is 80.5. The Morgan fingerprint density at radius 3 is 1.60 bits per heavy atom. The third-order valence-corrected chi connectivity index (χ3v) is 14.3. The predicted molar refractivity (Wildman–Crippen MR) is 290 cm³/mol. The summed E-state index contributed by atoms with van der Waals surface area (Å²) in [6.07, 6.45) is 6.76. The van der Waals surface area contributed by atoms with Crippen molar-refractivity contribution in [3.63, 3.8) is 0 Å². The number of aromatic amines is 2. The average molecular weight is 1110 g/mol. The van der Waals surface area contributed by atoms with Crippen LogP contribution in [0.25, 0.3) is 78.7 Å². The maximum Gasteiger partial charge on any atom is 0.496 e. The summed E-state index contributed by atoms with van der Waals surface area (Å²) >= 11 is 5.92. The Balaban J connectivity index is 0.000000133. The van der Waals surface area contributed by atoms with Crippen molar-refractivity contribution in [3.05, 3.63) is 202 Å². The summed E-state index contributed by atoms with van der Waals surface area (Å²) in [5.41, 5.74) is 1.78. The van der Waals surface area contributed by atoms with E-state index in [-0.39, 0.29) is 67.7 Å². The van der Waals surface area contributed by atoms with E-state index < -0.39 is 46.0 Å². The van der Waals surface area contributed by atoms with Gasteiger partial charge >= 0.3 is 30.9 Å². The highest BCUT2D eigenvalue weighted by Crippen LogP contribution is 2.37. The van der Waals surface area contributed by atoms with E-state index in [0.717, 1.165) is 68.7 Å². The fraction of sp³-hybridized carbons (Fsp3) is 0.179. The van der Waals surface area contributed by atoms with Crippen LogP contribution in [0, 0.1) is 0 Å². The van der Waals surface area contributed by atoms with Crippen LogP contribution in [0.15, 0.2) is 141 Å². The lowest BCUT2D eigenvalue weighted by molar-refractivity contribution is -0.138. The molecule has 80 heavy (non-hydrogen) atoms. The maximum atomic E-state index is 13.4. The zero-order chi connectivity index (χ0) is 56.6. The van der Waals surface area contributed by atoms with E-state index in [1.54, 1.807) is 18.3 Å². The Labute approximate surface area is 452 Å². The van der Waals surface area contributed by atoms with Crippen LogP contribution in [0.1, 0.15) is 61.3 Å². The minimum atomic E-state index is -4.61. The number of pyridine rings is 6. The molecule has 3 aliphatic rings. The lowest BCUT2D eigenvalue weighted by Crippen LogP contribution is -2.41. The van der Waals surface area contributed by atoms with Crippen molar-refractivity contribution in [1.82, 2.24) is 49.0 Å². The molecule has 0 bridgehead atoms. The van der Waals surface area contributed by atoms with E-state index in [9.17, 15) is 45.5 Å². The highest BCUT2D eigenvalue weighted by molar-refractivity contribution is 6.62. The number of benzene rings is 2. The fourth-order valence-electron chi connectivity index (χ4n) is 9.32. The molecule has 0 amide bonds. The van der Waals surface area contributed by atoms with Gasteiger partial charge in [-0.1, -0.05) is 54.1 Å². The van der Waals surface area contributed by atoms with Crippen LogP contribution in [-0.4, -0.2) is 67.3 Å². The molecule has 8 aromatic heterocycles. The molecule has 1 aliphatic heterocycles. The van der Waals surface area contributed by atoms with Gasteiger partial charge in [-0.05, 0) is 106 Å². The molecule has 0 saturated carbocycles. The van der Waals surface area contributed by atoms with E-state index in [4.69, 9.17) is 20.9 Å². The van der Waals surface area contributed by atoms with Gasteiger partial charge in [-0.2, -0.15) is 26.3 Å². The molecule has 2 aliphatic carbocycles. The van der Waals surface area contributed by atoms with Crippen molar-refractivity contribution in [2.75, 3.05) is 0 Å². The molecular formula is C56H40BClF6N10O6. The van der Waals surface area contributed by atoms with Gasteiger partial charge in [-0.3, -0.25) is 48.6 Å². The Hall–Kier alpha value is -8.93. The first-order valence-corrected chi connectivity index (χ1v) is 24.9. The van der Waals surface area contributed by atoms with Crippen LogP contribution >= 0.6 is 11.6 Å². The largest absolute Gasteiger partial charge is 0.496 e. The highest BCUT2D eigenvalue weighted by Gasteiger charge is 2.52. The van der Waals surface area contributed by atoms with Gasteiger partial charge in [0.05, 0.1) is 83.6 Å². The second kappa shape index (κ2) is 19.8. The number of nitrogens with one attached hydrogen (secondary N) is 2. The normalized spacial score (nSPS) is 15.0. The molecule has 0 spiro atoms. The maximum absolute atomic E-state index is 13.4. The van der Waals surface area contributed by atoms with Crippen molar-refractivity contribution < 1.29 is 35.7 Å². The highest BCUT2D eigenvalue weighted by atomic mass is 35.5. The van der Waals surface area contributed by atoms with Gasteiger partial charge < -0.3 is 9.31 Å². The minimum absolute atomic E-state index is 0.00530. The second-order valence-corrected chi connectivity index (χ2v) is 20.1. The van der Waals surface area contributed by atoms with Crippen LogP contribution in [0.4, 0.5) is 26.3 Å².